The molecule has 24 heavy (non-hydrogen) atoms. The fourth-order valence-corrected chi connectivity index (χ4v) is 5.29. The molecule has 3 atom stereocenters. The molecule has 1 aromatic rings. The van der Waals surface area contributed by atoms with Gasteiger partial charge in [-0.1, -0.05) is 12.1 Å². The van der Waals surface area contributed by atoms with E-state index in [0.29, 0.717) is 30.6 Å². The van der Waals surface area contributed by atoms with Crippen LogP contribution in [-0.2, 0) is 20.9 Å². The van der Waals surface area contributed by atoms with E-state index in [0.717, 1.165) is 23.5 Å². The van der Waals surface area contributed by atoms with E-state index in [-0.39, 0.29) is 17.9 Å². The van der Waals surface area contributed by atoms with Crippen LogP contribution in [0.15, 0.2) is 24.3 Å². The van der Waals surface area contributed by atoms with Gasteiger partial charge in [-0.15, -0.1) is 0 Å². The molecule has 6 heteroatoms. The summed E-state index contributed by atoms with van der Waals surface area (Å²) in [4.78, 5) is 25.9. The number of hydrogen-bond donors (Lipinski definition) is 0. The molecule has 1 aromatic carbocycles. The number of esters is 1. The predicted molar refractivity (Wildman–Crippen MR) is 92.9 cm³/mol. The van der Waals surface area contributed by atoms with Gasteiger partial charge in [-0.2, -0.15) is 11.8 Å². The van der Waals surface area contributed by atoms with Crippen molar-refractivity contribution < 1.29 is 19.1 Å². The summed E-state index contributed by atoms with van der Waals surface area (Å²) in [5.74, 6) is 2.27. The Bertz CT molecular complexity index is 604. The second kappa shape index (κ2) is 7.47. The van der Waals surface area contributed by atoms with Gasteiger partial charge in [0.2, 0.25) is 5.91 Å². The number of amides is 1. The van der Waals surface area contributed by atoms with E-state index in [9.17, 15) is 9.59 Å². The van der Waals surface area contributed by atoms with Crippen LogP contribution in [-0.4, -0.2) is 48.0 Å². The molecule has 0 aliphatic carbocycles. The maximum Gasteiger partial charge on any atom is 0.305 e. The molecule has 2 aliphatic rings. The van der Waals surface area contributed by atoms with E-state index in [4.69, 9.17) is 9.47 Å². The van der Waals surface area contributed by atoms with Crippen molar-refractivity contribution in [1.29, 1.82) is 0 Å². The predicted octanol–water partition coefficient (Wildman–Crippen LogP) is 2.48. The Kier molecular flexibility index (Phi) is 5.33. The molecule has 2 saturated heterocycles. The van der Waals surface area contributed by atoms with E-state index in [1.54, 1.807) is 7.11 Å². The fourth-order valence-electron chi connectivity index (χ4n) is 3.63. The van der Waals surface area contributed by atoms with Crippen LogP contribution in [0, 0.1) is 5.92 Å². The number of thioether (sulfide) groups is 1. The van der Waals surface area contributed by atoms with Gasteiger partial charge in [0.25, 0.3) is 0 Å². The fraction of sp³-hybridized carbons (Fsp3) is 0.556. The number of ether oxygens (including phenoxy) is 2. The molecule has 0 aromatic heterocycles. The average molecular weight is 349 g/mol. The number of carbonyl (C=O) groups excluding carboxylic acids is 2. The Balaban J connectivity index is 1.68. The Morgan fingerprint density at radius 1 is 1.29 bits per heavy atom. The Labute approximate surface area is 146 Å². The number of carbonyl (C=O) groups is 2. The second-order valence-corrected chi connectivity index (χ2v) is 7.58. The minimum atomic E-state index is -0.176. The van der Waals surface area contributed by atoms with Crippen LogP contribution in [0.3, 0.4) is 0 Å². The third-order valence-corrected chi connectivity index (χ3v) is 6.44. The highest BCUT2D eigenvalue weighted by molar-refractivity contribution is 8.00. The SMILES string of the molecule is COC(=O)CC[C@@H]1SC[C@@H]2CC(=O)N(Cc3ccc(OC)cc3)[C@@H]21. The van der Waals surface area contributed by atoms with Crippen LogP contribution in [0.1, 0.15) is 24.8 Å². The summed E-state index contributed by atoms with van der Waals surface area (Å²) >= 11 is 1.89. The van der Waals surface area contributed by atoms with E-state index in [1.807, 2.05) is 40.9 Å². The summed E-state index contributed by atoms with van der Waals surface area (Å²) in [6.07, 6.45) is 1.81. The minimum Gasteiger partial charge on any atom is -0.497 e. The highest BCUT2D eigenvalue weighted by Gasteiger charge is 2.48. The van der Waals surface area contributed by atoms with Gasteiger partial charge >= 0.3 is 5.97 Å². The lowest BCUT2D eigenvalue weighted by Crippen LogP contribution is -2.39. The largest absolute Gasteiger partial charge is 0.497 e. The zero-order chi connectivity index (χ0) is 17.1. The van der Waals surface area contributed by atoms with Crippen LogP contribution in [0.4, 0.5) is 0 Å². The standard InChI is InChI=1S/C18H23NO4S/c1-22-14-5-3-12(4-6-14)10-19-16(20)9-13-11-24-15(18(13)19)7-8-17(21)23-2/h3-6,13,15,18H,7-11H2,1-2H3/t13-,15-,18-/m0/s1. The average Bonchev–Trinajstić information content (AvgIpc) is 3.13. The topological polar surface area (TPSA) is 55.8 Å². The second-order valence-electron chi connectivity index (χ2n) is 6.31. The van der Waals surface area contributed by atoms with Crippen LogP contribution in [0.2, 0.25) is 0 Å². The molecule has 5 nitrogen and oxygen atoms in total. The van der Waals surface area contributed by atoms with Gasteiger partial charge in [0.1, 0.15) is 5.75 Å². The summed E-state index contributed by atoms with van der Waals surface area (Å²) in [7, 11) is 3.06. The highest BCUT2D eigenvalue weighted by Crippen LogP contribution is 2.44. The minimum absolute atomic E-state index is 0.176. The lowest BCUT2D eigenvalue weighted by molar-refractivity contribution is -0.140. The quantitative estimate of drug-likeness (QED) is 0.739. The van der Waals surface area contributed by atoms with E-state index in [2.05, 4.69) is 0 Å². The molecule has 0 spiro atoms. The van der Waals surface area contributed by atoms with Gasteiger partial charge in [0, 0.05) is 30.7 Å². The molecule has 0 saturated carbocycles. The molecule has 0 unspecified atom stereocenters. The maximum atomic E-state index is 12.5. The van der Waals surface area contributed by atoms with E-state index >= 15 is 0 Å². The van der Waals surface area contributed by atoms with Crippen LogP contribution >= 0.6 is 11.8 Å². The zero-order valence-electron chi connectivity index (χ0n) is 14.1. The van der Waals surface area contributed by atoms with Crippen LogP contribution in [0.5, 0.6) is 5.75 Å². The molecule has 0 N–H and O–H groups in total. The number of rotatable bonds is 6. The van der Waals surface area contributed by atoms with Crippen LogP contribution < -0.4 is 4.74 Å². The van der Waals surface area contributed by atoms with Crippen molar-refractivity contribution in [1.82, 2.24) is 4.90 Å². The van der Waals surface area contributed by atoms with Crippen molar-refractivity contribution >= 4 is 23.6 Å². The van der Waals surface area contributed by atoms with Gasteiger partial charge in [-0.25, -0.2) is 0 Å². The third-order valence-electron chi connectivity index (χ3n) is 4.88. The van der Waals surface area contributed by atoms with Gasteiger partial charge in [-0.05, 0) is 35.8 Å². The molecular weight excluding hydrogens is 326 g/mol. The van der Waals surface area contributed by atoms with Gasteiger partial charge in [-0.3, -0.25) is 9.59 Å². The Morgan fingerprint density at radius 3 is 2.71 bits per heavy atom. The van der Waals surface area contributed by atoms with Crippen LogP contribution in [0.25, 0.3) is 0 Å². The molecule has 2 aliphatic heterocycles. The van der Waals surface area contributed by atoms with Gasteiger partial charge in [0.15, 0.2) is 0 Å². The number of benzene rings is 1. The zero-order valence-corrected chi connectivity index (χ0v) is 14.9. The molecule has 0 radical (unpaired) electrons. The van der Waals surface area contributed by atoms with E-state index in [1.165, 1.54) is 7.11 Å². The number of fused-ring (bicyclic) bond motifs is 1. The first-order valence-corrected chi connectivity index (χ1v) is 9.28. The van der Waals surface area contributed by atoms with Crippen molar-refractivity contribution in [3.63, 3.8) is 0 Å². The number of likely N-dealkylation sites (tertiary alicyclic amines) is 1. The number of nitrogens with zero attached hydrogens (tertiary/aromatic N) is 1. The van der Waals surface area contributed by atoms with Gasteiger partial charge in [0.05, 0.1) is 14.2 Å². The van der Waals surface area contributed by atoms with Crippen molar-refractivity contribution in [2.45, 2.75) is 37.1 Å². The highest BCUT2D eigenvalue weighted by atomic mass is 32.2. The molecular formula is C18H23NO4S. The number of methoxy groups -OCH3 is 2. The summed E-state index contributed by atoms with van der Waals surface area (Å²) < 4.78 is 9.93. The first-order valence-electron chi connectivity index (χ1n) is 8.23. The lowest BCUT2D eigenvalue weighted by Gasteiger charge is -2.29. The van der Waals surface area contributed by atoms with Crippen molar-refractivity contribution in [3.05, 3.63) is 29.8 Å². The van der Waals surface area contributed by atoms with Crippen molar-refractivity contribution in [2.24, 2.45) is 5.92 Å². The summed E-state index contributed by atoms with van der Waals surface area (Å²) in [5.41, 5.74) is 1.11. The van der Waals surface area contributed by atoms with Crippen molar-refractivity contribution in [3.8, 4) is 5.75 Å². The Morgan fingerprint density at radius 2 is 2.04 bits per heavy atom. The summed E-state index contributed by atoms with van der Waals surface area (Å²) in [6, 6.07) is 8.08. The maximum absolute atomic E-state index is 12.5. The molecule has 0 bridgehead atoms. The molecule has 1 amide bonds. The molecule has 2 fully saturated rings. The summed E-state index contributed by atoms with van der Waals surface area (Å²) in [6.45, 7) is 0.624. The van der Waals surface area contributed by atoms with Crippen molar-refractivity contribution in [2.75, 3.05) is 20.0 Å². The Hall–Kier alpha value is -1.69. The molecule has 130 valence electrons. The summed E-state index contributed by atoms with van der Waals surface area (Å²) in [5, 5.41) is 0.318. The van der Waals surface area contributed by atoms with Gasteiger partial charge < -0.3 is 14.4 Å². The monoisotopic (exact) mass is 349 g/mol. The first-order chi connectivity index (χ1) is 11.6. The third kappa shape index (κ3) is 3.53. The molecule has 3 rings (SSSR count). The molecule has 2 heterocycles. The van der Waals surface area contributed by atoms with E-state index < -0.39 is 0 Å². The normalized spacial score (nSPS) is 25.7. The first kappa shape index (κ1) is 17.1. The lowest BCUT2D eigenvalue weighted by atomic mass is 9.97. The smallest absolute Gasteiger partial charge is 0.305 e. The number of hydrogen-bond acceptors (Lipinski definition) is 5.